The Balaban J connectivity index is 2.49. The van der Waals surface area contributed by atoms with Crippen LogP contribution >= 0.6 is 0 Å². The third-order valence-corrected chi connectivity index (χ3v) is 9.26. The van der Waals surface area contributed by atoms with E-state index < -0.39 is 72.5 Å². The molecule has 2 aromatic carbocycles. The molecule has 47 heavy (non-hydrogen) atoms. The molecule has 0 spiro atoms. The Morgan fingerprint density at radius 3 is 2.00 bits per heavy atom. The molecule has 12 nitrogen and oxygen atoms in total. The first-order chi connectivity index (χ1) is 21.5. The van der Waals surface area contributed by atoms with Crippen LogP contribution in [-0.2, 0) is 51.9 Å². The lowest BCUT2D eigenvalue weighted by molar-refractivity contribution is -0.167. The van der Waals surface area contributed by atoms with E-state index in [9.17, 15) is 27.6 Å². The van der Waals surface area contributed by atoms with Crippen LogP contribution in [0.2, 0.25) is 25.7 Å². The number of rotatable bonds is 14. The van der Waals surface area contributed by atoms with Gasteiger partial charge in [-0.25, -0.2) is 14.3 Å². The van der Waals surface area contributed by atoms with Gasteiger partial charge in [-0.3, -0.25) is 9.59 Å². The predicted octanol–water partition coefficient (Wildman–Crippen LogP) is 5.60. The van der Waals surface area contributed by atoms with Gasteiger partial charge in [0.15, 0.2) is 0 Å². The van der Waals surface area contributed by atoms with Gasteiger partial charge in [0.25, 0.3) is 0 Å². The topological polar surface area (TPSA) is 155 Å². The molecule has 0 aliphatic carbocycles. The zero-order valence-corrected chi connectivity index (χ0v) is 30.6. The van der Waals surface area contributed by atoms with Crippen molar-refractivity contribution in [2.24, 2.45) is 0 Å². The lowest BCUT2D eigenvalue weighted by Gasteiger charge is -2.32. The zero-order valence-electron chi connectivity index (χ0n) is 28.7. The second kappa shape index (κ2) is 16.4. The highest BCUT2D eigenvalue weighted by atomic mass is 32.2. The van der Waals surface area contributed by atoms with Crippen molar-refractivity contribution < 1.29 is 46.5 Å². The Kier molecular flexibility index (Phi) is 13.7. The van der Waals surface area contributed by atoms with Crippen LogP contribution in [0.25, 0.3) is 0 Å². The number of esters is 3. The number of benzene rings is 2. The number of carbonyl (C=O) groups is 4. The summed E-state index contributed by atoms with van der Waals surface area (Å²) in [5.74, 6) is -2.52. The molecule has 0 fully saturated rings. The summed E-state index contributed by atoms with van der Waals surface area (Å²) in [6, 6.07) is 13.6. The number of hydrogen-bond donors (Lipinski definition) is 1. The minimum absolute atomic E-state index is 0.159. The summed E-state index contributed by atoms with van der Waals surface area (Å²) in [6.07, 6.45) is -2.04. The molecular formula is C33H48N2O10SSi. The van der Waals surface area contributed by atoms with Gasteiger partial charge in [-0.2, -0.15) is 12.7 Å². The number of amides is 1. The van der Waals surface area contributed by atoms with Gasteiger partial charge in [0, 0.05) is 14.6 Å². The average molecular weight is 693 g/mol. The minimum atomic E-state index is -4.89. The fourth-order valence-corrected chi connectivity index (χ4v) is 5.92. The van der Waals surface area contributed by atoms with Crippen LogP contribution in [0.5, 0.6) is 0 Å². The second-order valence-corrected chi connectivity index (χ2v) is 21.4. The maximum atomic E-state index is 13.9. The first-order valence-electron chi connectivity index (χ1n) is 15.3. The quantitative estimate of drug-likeness (QED) is 0.150. The lowest BCUT2D eigenvalue weighted by Crippen LogP contribution is -2.53. The van der Waals surface area contributed by atoms with Crippen LogP contribution in [0.15, 0.2) is 54.6 Å². The summed E-state index contributed by atoms with van der Waals surface area (Å²) < 4.78 is 51.7. The molecule has 14 heteroatoms. The third kappa shape index (κ3) is 15.1. The molecule has 0 aliphatic rings. The summed E-state index contributed by atoms with van der Waals surface area (Å²) in [6.45, 7) is 15.6. The van der Waals surface area contributed by atoms with Gasteiger partial charge in [0.1, 0.15) is 23.9 Å². The van der Waals surface area contributed by atoms with Crippen molar-refractivity contribution in [1.29, 1.82) is 0 Å². The largest absolute Gasteiger partial charge is 0.462 e. The van der Waals surface area contributed by atoms with Crippen molar-refractivity contribution in [1.82, 2.24) is 9.03 Å². The normalized spacial score (nSPS) is 13.0. The van der Waals surface area contributed by atoms with Crippen LogP contribution < -0.4 is 4.72 Å². The first-order valence-corrected chi connectivity index (χ1v) is 20.4. The average Bonchev–Trinajstić information content (AvgIpc) is 2.91. The molecule has 260 valence electrons. The fourth-order valence-electron chi connectivity index (χ4n) is 4.00. The molecule has 2 rings (SSSR count). The van der Waals surface area contributed by atoms with Crippen LogP contribution in [0, 0.1) is 0 Å². The van der Waals surface area contributed by atoms with Gasteiger partial charge in [-0.15, -0.1) is 0 Å². The van der Waals surface area contributed by atoms with E-state index in [4.69, 9.17) is 18.9 Å². The smallest absolute Gasteiger partial charge is 0.422 e. The monoisotopic (exact) mass is 692 g/mol. The van der Waals surface area contributed by atoms with Crippen molar-refractivity contribution in [3.8, 4) is 0 Å². The predicted molar refractivity (Wildman–Crippen MR) is 179 cm³/mol. The van der Waals surface area contributed by atoms with Crippen molar-refractivity contribution in [3.05, 3.63) is 71.3 Å². The van der Waals surface area contributed by atoms with Crippen molar-refractivity contribution in [2.45, 2.75) is 104 Å². The van der Waals surface area contributed by atoms with Crippen LogP contribution in [0.1, 0.15) is 69.4 Å². The second-order valence-electron chi connectivity index (χ2n) is 14.2. The van der Waals surface area contributed by atoms with Crippen LogP contribution in [0.3, 0.4) is 0 Å². The summed E-state index contributed by atoms with van der Waals surface area (Å²) in [7, 11) is -6.35. The number of hydrogen-bond acceptors (Lipinski definition) is 10. The van der Waals surface area contributed by atoms with E-state index in [-0.39, 0.29) is 24.3 Å². The van der Waals surface area contributed by atoms with Gasteiger partial charge in [-0.05, 0) is 70.8 Å². The molecule has 0 heterocycles. The number of carbonyl (C=O) groups excluding carboxylic acids is 4. The highest BCUT2D eigenvalue weighted by Crippen LogP contribution is 2.22. The molecule has 1 unspecified atom stereocenters. The van der Waals surface area contributed by atoms with Gasteiger partial charge < -0.3 is 18.9 Å². The maximum Gasteiger partial charge on any atom is 0.422 e. The molecule has 0 radical (unpaired) electrons. The Labute approximate surface area is 279 Å². The number of nitrogens with zero attached hydrogens (tertiary/aromatic N) is 1. The first kappa shape index (κ1) is 39.4. The Morgan fingerprint density at radius 1 is 0.830 bits per heavy atom. The SMILES string of the molecule is CC(C)(C)OC(=O)CC(C(=O)OC(C)(C)C)N(Cc1cccc(C(=O)OCC[Si](C)(C)C)c1)S(=O)(=O)NC(=O)OCc1ccccc1. The lowest BCUT2D eigenvalue weighted by atomic mass is 10.1. The van der Waals surface area contributed by atoms with Gasteiger partial charge in [0.05, 0.1) is 18.6 Å². The van der Waals surface area contributed by atoms with E-state index >= 15 is 0 Å². The Morgan fingerprint density at radius 2 is 1.43 bits per heavy atom. The molecular weight excluding hydrogens is 645 g/mol. The van der Waals surface area contributed by atoms with Crippen LogP contribution in [-0.4, -0.2) is 68.6 Å². The van der Waals surface area contributed by atoms with Gasteiger partial charge >= 0.3 is 34.2 Å². The van der Waals surface area contributed by atoms with E-state index in [0.717, 1.165) is 6.04 Å². The summed E-state index contributed by atoms with van der Waals surface area (Å²) >= 11 is 0. The van der Waals surface area contributed by atoms with Crippen molar-refractivity contribution in [2.75, 3.05) is 6.61 Å². The Bertz CT molecular complexity index is 1490. The molecule has 2 aromatic rings. The molecule has 0 saturated heterocycles. The summed E-state index contributed by atoms with van der Waals surface area (Å²) in [5, 5.41) is 0. The standard InChI is InChI=1S/C33H48N2O10SSi/c1-32(2,3)44-28(36)21-27(30(38)45-33(4,5)6)35(46(40,41)34-31(39)43-23-24-14-11-10-12-15-24)22-25-16-13-17-26(20-25)29(37)42-18-19-47(7,8)9/h10-17,20,27H,18-19,21-23H2,1-9H3,(H,34,39). The van der Waals surface area contributed by atoms with Crippen LogP contribution in [0.4, 0.5) is 4.79 Å². The molecule has 0 bridgehead atoms. The van der Waals surface area contributed by atoms with E-state index in [0.29, 0.717) is 9.87 Å². The molecule has 1 atom stereocenters. The Hall–Kier alpha value is -3.75. The fraction of sp³-hybridized carbons (Fsp3) is 0.515. The molecule has 1 N–H and O–H groups in total. The maximum absolute atomic E-state index is 13.9. The molecule has 0 aliphatic heterocycles. The van der Waals surface area contributed by atoms with Crippen molar-refractivity contribution >= 4 is 42.3 Å². The zero-order chi connectivity index (χ0) is 35.6. The van der Waals surface area contributed by atoms with E-state index in [1.54, 1.807) is 71.9 Å². The molecule has 0 aromatic heterocycles. The van der Waals surface area contributed by atoms with Gasteiger partial charge in [0.2, 0.25) is 0 Å². The number of nitrogens with one attached hydrogen (secondary N) is 1. The van der Waals surface area contributed by atoms with Gasteiger partial charge in [-0.1, -0.05) is 62.1 Å². The van der Waals surface area contributed by atoms with E-state index in [1.165, 1.54) is 24.3 Å². The minimum Gasteiger partial charge on any atom is -0.462 e. The third-order valence-electron chi connectivity index (χ3n) is 6.13. The highest BCUT2D eigenvalue weighted by Gasteiger charge is 2.41. The van der Waals surface area contributed by atoms with E-state index in [1.807, 2.05) is 4.72 Å². The summed E-state index contributed by atoms with van der Waals surface area (Å²) in [4.78, 5) is 52.1. The van der Waals surface area contributed by atoms with E-state index in [2.05, 4.69) is 19.6 Å². The molecule has 1 amide bonds. The molecule has 0 saturated carbocycles. The van der Waals surface area contributed by atoms with Crippen molar-refractivity contribution in [3.63, 3.8) is 0 Å². The summed E-state index contributed by atoms with van der Waals surface area (Å²) in [5.41, 5.74) is -0.956. The number of ether oxygens (including phenoxy) is 4. The highest BCUT2D eigenvalue weighted by molar-refractivity contribution is 7.87.